The smallest absolute Gasteiger partial charge is 0.241 e. The van der Waals surface area contributed by atoms with Crippen molar-refractivity contribution < 1.29 is 4.79 Å². The monoisotopic (exact) mass is 254 g/mol. The Balaban J connectivity index is 1.80. The van der Waals surface area contributed by atoms with Gasteiger partial charge in [-0.1, -0.05) is 0 Å². The van der Waals surface area contributed by atoms with Gasteiger partial charge in [0.2, 0.25) is 5.91 Å². The van der Waals surface area contributed by atoms with Crippen LogP contribution < -0.4 is 10.6 Å². The molecule has 0 aliphatic carbocycles. The molecule has 0 spiro atoms. The number of hydrogen-bond acceptors (Lipinski definition) is 4. The van der Waals surface area contributed by atoms with Crippen molar-refractivity contribution in [3.8, 4) is 0 Å². The third-order valence-corrected chi connectivity index (χ3v) is 4.00. The zero-order valence-electron chi connectivity index (χ0n) is 11.8. The van der Waals surface area contributed by atoms with E-state index < -0.39 is 0 Å². The molecular formula is C13H26N4O. The number of nitrogens with one attached hydrogen (secondary N) is 2. The van der Waals surface area contributed by atoms with Gasteiger partial charge in [0.1, 0.15) is 0 Å². The van der Waals surface area contributed by atoms with Crippen molar-refractivity contribution in [2.75, 3.05) is 39.3 Å². The summed E-state index contributed by atoms with van der Waals surface area (Å²) in [4.78, 5) is 16.8. The summed E-state index contributed by atoms with van der Waals surface area (Å²) in [5, 5.41) is 6.69. The molecule has 5 heteroatoms. The maximum atomic E-state index is 12.3. The van der Waals surface area contributed by atoms with Crippen LogP contribution in [-0.2, 0) is 4.79 Å². The summed E-state index contributed by atoms with van der Waals surface area (Å²) < 4.78 is 0. The lowest BCUT2D eigenvalue weighted by Gasteiger charge is -2.39. The molecule has 2 rings (SSSR count). The molecule has 0 aromatic rings. The van der Waals surface area contributed by atoms with Gasteiger partial charge in [0.25, 0.3) is 0 Å². The van der Waals surface area contributed by atoms with Crippen molar-refractivity contribution in [1.29, 1.82) is 0 Å². The predicted molar refractivity (Wildman–Crippen MR) is 72.5 cm³/mol. The first-order valence-electron chi connectivity index (χ1n) is 7.07. The van der Waals surface area contributed by atoms with E-state index in [1.807, 2.05) is 4.90 Å². The summed E-state index contributed by atoms with van der Waals surface area (Å²) in [7, 11) is 0. The number of carbonyl (C=O) groups is 1. The van der Waals surface area contributed by atoms with Crippen LogP contribution in [0.2, 0.25) is 0 Å². The Hall–Kier alpha value is -0.650. The van der Waals surface area contributed by atoms with Crippen LogP contribution in [0.3, 0.4) is 0 Å². The molecule has 18 heavy (non-hydrogen) atoms. The van der Waals surface area contributed by atoms with E-state index in [1.165, 1.54) is 0 Å². The van der Waals surface area contributed by atoms with Crippen LogP contribution in [0, 0.1) is 0 Å². The Kier molecular flexibility index (Phi) is 4.59. The minimum atomic E-state index is -0.0354. The normalized spacial score (nSPS) is 30.8. The van der Waals surface area contributed by atoms with Crippen molar-refractivity contribution in [3.63, 3.8) is 0 Å². The van der Waals surface area contributed by atoms with Gasteiger partial charge in [0.05, 0.1) is 6.04 Å². The first-order valence-corrected chi connectivity index (χ1v) is 7.07. The number of amides is 1. The molecule has 0 saturated carbocycles. The molecule has 0 aromatic carbocycles. The SMILES string of the molecule is CC1CNC(C(=O)N2CCN(C(C)C)CC2)CN1. The molecule has 2 aliphatic rings. The summed E-state index contributed by atoms with van der Waals surface area (Å²) in [6.45, 7) is 11.9. The van der Waals surface area contributed by atoms with Gasteiger partial charge in [-0.3, -0.25) is 9.69 Å². The molecule has 2 fully saturated rings. The summed E-state index contributed by atoms with van der Waals surface area (Å²) in [5.41, 5.74) is 0. The van der Waals surface area contributed by atoms with E-state index in [0.717, 1.165) is 39.3 Å². The fourth-order valence-corrected chi connectivity index (χ4v) is 2.64. The predicted octanol–water partition coefficient (Wildman–Crippen LogP) is -0.511. The largest absolute Gasteiger partial charge is 0.339 e. The second kappa shape index (κ2) is 5.99. The van der Waals surface area contributed by atoms with E-state index in [0.29, 0.717) is 12.1 Å². The quantitative estimate of drug-likeness (QED) is 0.697. The van der Waals surface area contributed by atoms with Gasteiger partial charge >= 0.3 is 0 Å². The molecular weight excluding hydrogens is 228 g/mol. The van der Waals surface area contributed by atoms with Crippen LogP contribution in [0.4, 0.5) is 0 Å². The molecule has 0 bridgehead atoms. The van der Waals surface area contributed by atoms with Crippen LogP contribution in [0.5, 0.6) is 0 Å². The highest BCUT2D eigenvalue weighted by Gasteiger charge is 2.29. The van der Waals surface area contributed by atoms with Crippen LogP contribution in [0.1, 0.15) is 20.8 Å². The Morgan fingerprint density at radius 2 is 1.78 bits per heavy atom. The highest BCUT2D eigenvalue weighted by molar-refractivity contribution is 5.82. The maximum absolute atomic E-state index is 12.3. The third kappa shape index (κ3) is 3.22. The fourth-order valence-electron chi connectivity index (χ4n) is 2.64. The van der Waals surface area contributed by atoms with Crippen LogP contribution in [0.25, 0.3) is 0 Å². The first kappa shape index (κ1) is 13.8. The summed E-state index contributed by atoms with van der Waals surface area (Å²) in [6, 6.07) is 1.01. The number of rotatable bonds is 2. The molecule has 0 radical (unpaired) electrons. The second-order valence-electron chi connectivity index (χ2n) is 5.73. The zero-order valence-corrected chi connectivity index (χ0v) is 11.8. The number of hydrogen-bond donors (Lipinski definition) is 2. The minimum Gasteiger partial charge on any atom is -0.339 e. The molecule has 2 unspecified atom stereocenters. The lowest BCUT2D eigenvalue weighted by Crippen LogP contribution is -2.61. The van der Waals surface area contributed by atoms with Crippen molar-refractivity contribution in [3.05, 3.63) is 0 Å². The summed E-state index contributed by atoms with van der Waals surface area (Å²) in [5.74, 6) is 0.262. The highest BCUT2D eigenvalue weighted by atomic mass is 16.2. The van der Waals surface area contributed by atoms with E-state index in [9.17, 15) is 4.79 Å². The molecule has 1 amide bonds. The average Bonchev–Trinajstić information content (AvgIpc) is 2.39. The zero-order chi connectivity index (χ0) is 13.1. The van der Waals surface area contributed by atoms with E-state index in [2.05, 4.69) is 36.3 Å². The number of carbonyl (C=O) groups excluding carboxylic acids is 1. The van der Waals surface area contributed by atoms with E-state index in [-0.39, 0.29) is 11.9 Å². The Labute approximate surface area is 110 Å². The van der Waals surface area contributed by atoms with Gasteiger partial charge < -0.3 is 15.5 Å². The van der Waals surface area contributed by atoms with Crippen LogP contribution in [-0.4, -0.2) is 73.1 Å². The van der Waals surface area contributed by atoms with E-state index >= 15 is 0 Å². The maximum Gasteiger partial charge on any atom is 0.241 e. The van der Waals surface area contributed by atoms with Gasteiger partial charge in [0.15, 0.2) is 0 Å². The molecule has 104 valence electrons. The third-order valence-electron chi connectivity index (χ3n) is 4.00. The molecule has 2 aliphatic heterocycles. The number of nitrogens with zero attached hydrogens (tertiary/aromatic N) is 2. The van der Waals surface area contributed by atoms with Gasteiger partial charge in [0, 0.05) is 51.4 Å². The average molecular weight is 254 g/mol. The molecule has 2 atom stereocenters. The second-order valence-corrected chi connectivity index (χ2v) is 5.73. The Morgan fingerprint density at radius 1 is 1.11 bits per heavy atom. The molecule has 5 nitrogen and oxygen atoms in total. The van der Waals surface area contributed by atoms with Crippen molar-refractivity contribution in [1.82, 2.24) is 20.4 Å². The van der Waals surface area contributed by atoms with E-state index in [4.69, 9.17) is 0 Å². The van der Waals surface area contributed by atoms with Crippen molar-refractivity contribution in [2.45, 2.75) is 38.9 Å². The van der Waals surface area contributed by atoms with E-state index in [1.54, 1.807) is 0 Å². The number of piperazine rings is 2. The highest BCUT2D eigenvalue weighted by Crippen LogP contribution is 2.08. The standard InChI is InChI=1S/C13H26N4O/c1-10(2)16-4-6-17(7-5-16)13(18)12-9-14-11(3)8-15-12/h10-12,14-15H,4-9H2,1-3H3. The van der Waals surface area contributed by atoms with Crippen molar-refractivity contribution in [2.24, 2.45) is 0 Å². The molecule has 2 N–H and O–H groups in total. The Morgan fingerprint density at radius 3 is 2.28 bits per heavy atom. The minimum absolute atomic E-state index is 0.0354. The Bertz CT molecular complexity index is 279. The van der Waals surface area contributed by atoms with Crippen LogP contribution >= 0.6 is 0 Å². The van der Waals surface area contributed by atoms with Gasteiger partial charge in [-0.15, -0.1) is 0 Å². The van der Waals surface area contributed by atoms with Gasteiger partial charge in [-0.2, -0.15) is 0 Å². The lowest BCUT2D eigenvalue weighted by molar-refractivity contribution is -0.135. The van der Waals surface area contributed by atoms with Gasteiger partial charge in [-0.25, -0.2) is 0 Å². The van der Waals surface area contributed by atoms with Crippen LogP contribution in [0.15, 0.2) is 0 Å². The lowest BCUT2D eigenvalue weighted by atomic mass is 10.1. The summed E-state index contributed by atoms with van der Waals surface area (Å²) in [6.07, 6.45) is 0. The molecule has 0 aromatic heterocycles. The first-order chi connectivity index (χ1) is 8.58. The topological polar surface area (TPSA) is 47.6 Å². The fraction of sp³-hybridized carbons (Fsp3) is 0.923. The molecule has 2 heterocycles. The molecule has 2 saturated heterocycles. The summed E-state index contributed by atoms with van der Waals surface area (Å²) >= 11 is 0. The van der Waals surface area contributed by atoms with Gasteiger partial charge in [-0.05, 0) is 20.8 Å². The van der Waals surface area contributed by atoms with Crippen molar-refractivity contribution >= 4 is 5.91 Å².